The zero-order valence-electron chi connectivity index (χ0n) is 12.8. The molecule has 0 saturated heterocycles. The van der Waals surface area contributed by atoms with E-state index in [4.69, 9.17) is 4.74 Å². The molecule has 21 heavy (non-hydrogen) atoms. The fraction of sp³-hybridized carbons (Fsp3) is 0.562. The lowest BCUT2D eigenvalue weighted by atomic mass is 9.99. The second-order valence-corrected chi connectivity index (χ2v) is 7.01. The van der Waals surface area contributed by atoms with E-state index in [-0.39, 0.29) is 6.04 Å². The van der Waals surface area contributed by atoms with Gasteiger partial charge in [0.2, 0.25) is 0 Å². The highest BCUT2D eigenvalue weighted by molar-refractivity contribution is 7.12. The highest BCUT2D eigenvalue weighted by Crippen LogP contribution is 2.38. The fourth-order valence-electron chi connectivity index (χ4n) is 2.97. The van der Waals surface area contributed by atoms with Crippen molar-refractivity contribution in [1.29, 1.82) is 0 Å². The van der Waals surface area contributed by atoms with E-state index >= 15 is 0 Å². The van der Waals surface area contributed by atoms with E-state index < -0.39 is 6.10 Å². The summed E-state index contributed by atoms with van der Waals surface area (Å²) < 4.78 is 7.23. The van der Waals surface area contributed by atoms with E-state index in [1.54, 1.807) is 24.6 Å². The third-order valence-electron chi connectivity index (χ3n) is 4.05. The Morgan fingerprint density at radius 1 is 1.33 bits per heavy atom. The number of nitrogens with zero attached hydrogens (tertiary/aromatic N) is 2. The Bertz CT molecular complexity index is 607. The van der Waals surface area contributed by atoms with Gasteiger partial charge in [-0.05, 0) is 51.2 Å². The van der Waals surface area contributed by atoms with Gasteiger partial charge in [0.25, 0.3) is 0 Å². The highest BCUT2D eigenvalue weighted by Gasteiger charge is 2.26. The zero-order chi connectivity index (χ0) is 15.0. The van der Waals surface area contributed by atoms with E-state index in [1.165, 1.54) is 23.3 Å². The molecule has 0 bridgehead atoms. The molecular weight excluding hydrogens is 284 g/mol. The van der Waals surface area contributed by atoms with Gasteiger partial charge in [0.1, 0.15) is 11.8 Å². The number of fused-ring (bicyclic) bond motifs is 1. The summed E-state index contributed by atoms with van der Waals surface area (Å²) in [5.41, 5.74) is 2.17. The SMILES string of the molecule is COc1cnn(C(C)C)c1C(O)c1cc2c(s1)CCCC2. The Morgan fingerprint density at radius 2 is 2.10 bits per heavy atom. The number of thiophene rings is 1. The Balaban J connectivity index is 1.99. The minimum absolute atomic E-state index is 0.188. The van der Waals surface area contributed by atoms with Crippen LogP contribution in [0.15, 0.2) is 12.3 Å². The molecule has 4 nitrogen and oxygen atoms in total. The molecule has 0 fully saturated rings. The van der Waals surface area contributed by atoms with E-state index in [0.29, 0.717) is 5.75 Å². The summed E-state index contributed by atoms with van der Waals surface area (Å²) >= 11 is 1.73. The van der Waals surface area contributed by atoms with Gasteiger partial charge in [0, 0.05) is 15.8 Å². The normalized spacial score (nSPS) is 16.0. The summed E-state index contributed by atoms with van der Waals surface area (Å²) in [6.45, 7) is 4.12. The minimum Gasteiger partial charge on any atom is -0.493 e. The fourth-order valence-corrected chi connectivity index (χ4v) is 4.22. The monoisotopic (exact) mass is 306 g/mol. The van der Waals surface area contributed by atoms with Crippen molar-refractivity contribution in [3.8, 4) is 5.75 Å². The molecular formula is C16H22N2O2S. The summed E-state index contributed by atoms with van der Waals surface area (Å²) in [6.07, 6.45) is 5.82. The third-order valence-corrected chi connectivity index (χ3v) is 5.34. The van der Waals surface area contributed by atoms with Crippen LogP contribution in [0.4, 0.5) is 0 Å². The van der Waals surface area contributed by atoms with E-state index in [2.05, 4.69) is 25.0 Å². The first-order chi connectivity index (χ1) is 10.1. The van der Waals surface area contributed by atoms with Crippen molar-refractivity contribution in [2.24, 2.45) is 0 Å². The van der Waals surface area contributed by atoms with Crippen molar-refractivity contribution in [2.45, 2.75) is 51.7 Å². The number of rotatable bonds is 4. The van der Waals surface area contributed by atoms with Crippen molar-refractivity contribution in [3.05, 3.63) is 33.3 Å². The number of aromatic nitrogens is 2. The van der Waals surface area contributed by atoms with Crippen LogP contribution in [-0.4, -0.2) is 22.0 Å². The Hall–Kier alpha value is -1.33. The predicted octanol–water partition coefficient (Wildman–Crippen LogP) is 3.49. The number of aliphatic hydroxyl groups is 1. The van der Waals surface area contributed by atoms with Crippen molar-refractivity contribution >= 4 is 11.3 Å². The van der Waals surface area contributed by atoms with Crippen molar-refractivity contribution in [2.75, 3.05) is 7.11 Å². The summed E-state index contributed by atoms with van der Waals surface area (Å²) in [5, 5.41) is 15.2. The molecule has 2 aromatic heterocycles. The van der Waals surface area contributed by atoms with Gasteiger partial charge in [0.15, 0.2) is 5.75 Å². The Labute approximate surface area is 129 Å². The second kappa shape index (κ2) is 5.81. The van der Waals surface area contributed by atoms with Crippen molar-refractivity contribution in [3.63, 3.8) is 0 Å². The maximum Gasteiger partial charge on any atom is 0.163 e. The lowest BCUT2D eigenvalue weighted by Crippen LogP contribution is -2.12. The van der Waals surface area contributed by atoms with Gasteiger partial charge in [0.05, 0.1) is 13.3 Å². The predicted molar refractivity (Wildman–Crippen MR) is 84.2 cm³/mol. The maximum atomic E-state index is 10.8. The molecule has 114 valence electrons. The average molecular weight is 306 g/mol. The van der Waals surface area contributed by atoms with Crippen molar-refractivity contribution in [1.82, 2.24) is 9.78 Å². The molecule has 0 aromatic carbocycles. The molecule has 3 rings (SSSR count). The van der Waals surface area contributed by atoms with Crippen LogP contribution in [0.3, 0.4) is 0 Å². The Kier molecular flexibility index (Phi) is 4.04. The second-order valence-electron chi connectivity index (χ2n) is 5.84. The van der Waals surface area contributed by atoms with Gasteiger partial charge in [-0.15, -0.1) is 11.3 Å². The average Bonchev–Trinajstić information content (AvgIpc) is 3.09. The molecule has 1 aliphatic rings. The minimum atomic E-state index is -0.666. The van der Waals surface area contributed by atoms with Gasteiger partial charge in [-0.25, -0.2) is 0 Å². The molecule has 1 N–H and O–H groups in total. The smallest absolute Gasteiger partial charge is 0.163 e. The molecule has 2 heterocycles. The molecule has 2 aromatic rings. The largest absolute Gasteiger partial charge is 0.493 e. The van der Waals surface area contributed by atoms with Crippen LogP contribution in [0.2, 0.25) is 0 Å². The quantitative estimate of drug-likeness (QED) is 0.940. The zero-order valence-corrected chi connectivity index (χ0v) is 13.6. The summed E-state index contributed by atoms with van der Waals surface area (Å²) in [6, 6.07) is 2.36. The number of aryl methyl sites for hydroxylation is 2. The molecule has 0 radical (unpaired) electrons. The molecule has 0 spiro atoms. The first-order valence-corrected chi connectivity index (χ1v) is 8.34. The summed E-state index contributed by atoms with van der Waals surface area (Å²) in [7, 11) is 1.62. The molecule has 0 saturated carbocycles. The lowest BCUT2D eigenvalue weighted by Gasteiger charge is -2.16. The van der Waals surface area contributed by atoms with Gasteiger partial charge < -0.3 is 9.84 Å². The molecule has 1 unspecified atom stereocenters. The van der Waals surface area contributed by atoms with Crippen LogP contribution in [0, 0.1) is 0 Å². The van der Waals surface area contributed by atoms with Gasteiger partial charge in [-0.3, -0.25) is 4.68 Å². The standard InChI is InChI=1S/C16H22N2O2S/c1-10(2)18-15(12(20-3)9-17-18)16(19)14-8-11-6-4-5-7-13(11)21-14/h8-10,16,19H,4-7H2,1-3H3. The van der Waals surface area contributed by atoms with E-state index in [0.717, 1.165) is 23.4 Å². The number of ether oxygens (including phenoxy) is 1. The van der Waals surface area contributed by atoms with E-state index in [1.807, 2.05) is 4.68 Å². The van der Waals surface area contributed by atoms with Crippen LogP contribution in [-0.2, 0) is 12.8 Å². The lowest BCUT2D eigenvalue weighted by molar-refractivity contribution is 0.203. The van der Waals surface area contributed by atoms with Crippen LogP contribution < -0.4 is 4.74 Å². The maximum absolute atomic E-state index is 10.8. The molecule has 0 aliphatic heterocycles. The summed E-state index contributed by atoms with van der Waals surface area (Å²) in [5.74, 6) is 0.655. The first kappa shape index (κ1) is 14.6. The number of aliphatic hydroxyl groups excluding tert-OH is 1. The molecule has 0 amide bonds. The summed E-state index contributed by atoms with van der Waals surface area (Å²) in [4.78, 5) is 2.44. The van der Waals surface area contributed by atoms with Crippen LogP contribution in [0.5, 0.6) is 5.75 Å². The van der Waals surface area contributed by atoms with Crippen LogP contribution in [0.25, 0.3) is 0 Å². The molecule has 1 aliphatic carbocycles. The first-order valence-electron chi connectivity index (χ1n) is 7.52. The van der Waals surface area contributed by atoms with Gasteiger partial charge in [-0.1, -0.05) is 0 Å². The number of hydrogen-bond acceptors (Lipinski definition) is 4. The molecule has 1 atom stereocenters. The number of methoxy groups -OCH3 is 1. The number of hydrogen-bond donors (Lipinski definition) is 1. The highest BCUT2D eigenvalue weighted by atomic mass is 32.1. The van der Waals surface area contributed by atoms with Crippen LogP contribution >= 0.6 is 11.3 Å². The van der Waals surface area contributed by atoms with Gasteiger partial charge in [-0.2, -0.15) is 5.10 Å². The van der Waals surface area contributed by atoms with Crippen LogP contribution in [0.1, 0.15) is 59.8 Å². The third kappa shape index (κ3) is 2.60. The molecule has 5 heteroatoms. The topological polar surface area (TPSA) is 47.3 Å². The van der Waals surface area contributed by atoms with Gasteiger partial charge >= 0.3 is 0 Å². The van der Waals surface area contributed by atoms with Crippen molar-refractivity contribution < 1.29 is 9.84 Å². The van der Waals surface area contributed by atoms with E-state index in [9.17, 15) is 5.11 Å². The Morgan fingerprint density at radius 3 is 2.76 bits per heavy atom.